The van der Waals surface area contributed by atoms with Gasteiger partial charge in [-0.25, -0.2) is 4.98 Å². The normalized spacial score (nSPS) is 20.1. The Labute approximate surface area is 112 Å². The van der Waals surface area contributed by atoms with E-state index in [0.717, 1.165) is 23.7 Å². The zero-order valence-electron chi connectivity index (χ0n) is 10.5. The third-order valence-corrected chi connectivity index (χ3v) is 4.50. The molecule has 0 bridgehead atoms. The first-order chi connectivity index (χ1) is 8.92. The molecule has 0 amide bonds. The van der Waals surface area contributed by atoms with E-state index in [2.05, 4.69) is 21.7 Å². The number of aromatic amines is 1. The van der Waals surface area contributed by atoms with E-state index < -0.39 is 0 Å². The summed E-state index contributed by atoms with van der Waals surface area (Å²) in [6.07, 6.45) is 7.04. The van der Waals surface area contributed by atoms with E-state index in [-0.39, 0.29) is 0 Å². The Balaban J connectivity index is 1.57. The van der Waals surface area contributed by atoms with Gasteiger partial charge in [0.2, 0.25) is 0 Å². The Morgan fingerprint density at radius 3 is 3.22 bits per heavy atom. The van der Waals surface area contributed by atoms with Crippen LogP contribution >= 0.6 is 11.3 Å². The fourth-order valence-corrected chi connectivity index (χ4v) is 3.35. The SMILES string of the molecule is c1c[nH]c(-c2csc(CCC3CCCNC3)n2)c1. The minimum absolute atomic E-state index is 0.844. The van der Waals surface area contributed by atoms with Gasteiger partial charge in [-0.15, -0.1) is 11.3 Å². The fraction of sp³-hybridized carbons (Fsp3) is 0.500. The van der Waals surface area contributed by atoms with E-state index in [1.165, 1.54) is 37.4 Å². The first-order valence-electron chi connectivity index (χ1n) is 6.71. The van der Waals surface area contributed by atoms with Crippen LogP contribution in [0, 0.1) is 5.92 Å². The lowest BCUT2D eigenvalue weighted by Crippen LogP contribution is -2.29. The summed E-state index contributed by atoms with van der Waals surface area (Å²) < 4.78 is 0. The Morgan fingerprint density at radius 2 is 2.44 bits per heavy atom. The number of hydrogen-bond donors (Lipinski definition) is 2. The predicted molar refractivity (Wildman–Crippen MR) is 75.8 cm³/mol. The highest BCUT2D eigenvalue weighted by Gasteiger charge is 2.13. The summed E-state index contributed by atoms with van der Waals surface area (Å²) in [6.45, 7) is 2.39. The monoisotopic (exact) mass is 261 g/mol. The number of nitrogens with one attached hydrogen (secondary N) is 2. The quantitative estimate of drug-likeness (QED) is 0.888. The van der Waals surface area contributed by atoms with Crippen LogP contribution < -0.4 is 5.32 Å². The molecule has 0 spiro atoms. The first kappa shape index (κ1) is 11.9. The molecule has 0 radical (unpaired) electrons. The van der Waals surface area contributed by atoms with Crippen LogP contribution in [0.15, 0.2) is 23.7 Å². The third-order valence-electron chi connectivity index (χ3n) is 3.59. The van der Waals surface area contributed by atoms with Crippen molar-refractivity contribution in [2.75, 3.05) is 13.1 Å². The fourth-order valence-electron chi connectivity index (χ4n) is 2.54. The summed E-state index contributed by atoms with van der Waals surface area (Å²) in [4.78, 5) is 7.91. The minimum Gasteiger partial charge on any atom is -0.360 e. The van der Waals surface area contributed by atoms with Crippen LogP contribution in [0.2, 0.25) is 0 Å². The van der Waals surface area contributed by atoms with Crippen molar-refractivity contribution in [3.63, 3.8) is 0 Å². The Kier molecular flexibility index (Phi) is 3.76. The molecule has 1 atom stereocenters. The molecule has 96 valence electrons. The van der Waals surface area contributed by atoms with Gasteiger partial charge < -0.3 is 10.3 Å². The maximum absolute atomic E-state index is 4.70. The highest BCUT2D eigenvalue weighted by atomic mass is 32.1. The molecule has 2 N–H and O–H groups in total. The smallest absolute Gasteiger partial charge is 0.0976 e. The summed E-state index contributed by atoms with van der Waals surface area (Å²) in [5, 5.41) is 6.90. The lowest BCUT2D eigenvalue weighted by Gasteiger charge is -2.22. The second-order valence-corrected chi connectivity index (χ2v) is 5.90. The van der Waals surface area contributed by atoms with Crippen LogP contribution in [-0.4, -0.2) is 23.1 Å². The molecule has 3 rings (SSSR count). The average Bonchev–Trinajstić information content (AvgIpc) is 3.08. The molecule has 0 aliphatic carbocycles. The number of hydrogen-bond acceptors (Lipinski definition) is 3. The molecule has 2 aromatic rings. The van der Waals surface area contributed by atoms with Gasteiger partial charge in [0.15, 0.2) is 0 Å². The zero-order chi connectivity index (χ0) is 12.2. The van der Waals surface area contributed by atoms with Crippen molar-refractivity contribution in [2.45, 2.75) is 25.7 Å². The summed E-state index contributed by atoms with van der Waals surface area (Å²) in [5.41, 5.74) is 2.21. The number of H-pyrrole nitrogens is 1. The second kappa shape index (κ2) is 5.67. The lowest BCUT2D eigenvalue weighted by atomic mass is 9.95. The van der Waals surface area contributed by atoms with Crippen LogP contribution in [0.3, 0.4) is 0 Å². The van der Waals surface area contributed by atoms with Crippen LogP contribution in [0.4, 0.5) is 0 Å². The molecule has 0 saturated carbocycles. The molecule has 1 unspecified atom stereocenters. The second-order valence-electron chi connectivity index (χ2n) is 4.96. The summed E-state index contributed by atoms with van der Waals surface area (Å²) in [5.74, 6) is 0.844. The van der Waals surface area contributed by atoms with Crippen LogP contribution in [0.1, 0.15) is 24.3 Å². The number of piperidine rings is 1. The summed E-state index contributed by atoms with van der Waals surface area (Å²) in [7, 11) is 0. The Bertz CT molecular complexity index is 469. The molecule has 3 nitrogen and oxygen atoms in total. The number of nitrogens with zero attached hydrogens (tertiary/aromatic N) is 1. The van der Waals surface area contributed by atoms with Gasteiger partial charge in [0.25, 0.3) is 0 Å². The van der Waals surface area contributed by atoms with Gasteiger partial charge in [0, 0.05) is 11.6 Å². The van der Waals surface area contributed by atoms with Crippen molar-refractivity contribution in [2.24, 2.45) is 5.92 Å². The van der Waals surface area contributed by atoms with Crippen LogP contribution in [-0.2, 0) is 6.42 Å². The lowest BCUT2D eigenvalue weighted by molar-refractivity contribution is 0.358. The molecule has 18 heavy (non-hydrogen) atoms. The van der Waals surface area contributed by atoms with Crippen molar-refractivity contribution >= 4 is 11.3 Å². The minimum atomic E-state index is 0.844. The molecular formula is C14H19N3S. The van der Waals surface area contributed by atoms with Gasteiger partial charge in [-0.1, -0.05) is 0 Å². The highest BCUT2D eigenvalue weighted by Crippen LogP contribution is 2.23. The maximum Gasteiger partial charge on any atom is 0.0976 e. The van der Waals surface area contributed by atoms with Gasteiger partial charge in [0.05, 0.1) is 16.4 Å². The average molecular weight is 261 g/mol. The van der Waals surface area contributed by atoms with Gasteiger partial charge >= 0.3 is 0 Å². The number of aromatic nitrogens is 2. The van der Waals surface area contributed by atoms with Crippen molar-refractivity contribution in [1.29, 1.82) is 0 Å². The van der Waals surface area contributed by atoms with Gasteiger partial charge in [-0.05, 0) is 56.8 Å². The number of rotatable bonds is 4. The maximum atomic E-state index is 4.70. The van der Waals surface area contributed by atoms with Crippen molar-refractivity contribution < 1.29 is 0 Å². The molecule has 1 aliphatic heterocycles. The molecule has 0 aromatic carbocycles. The van der Waals surface area contributed by atoms with Crippen molar-refractivity contribution in [3.8, 4) is 11.4 Å². The van der Waals surface area contributed by atoms with E-state index in [4.69, 9.17) is 4.98 Å². The third kappa shape index (κ3) is 2.82. The Morgan fingerprint density at radius 1 is 1.44 bits per heavy atom. The highest BCUT2D eigenvalue weighted by molar-refractivity contribution is 7.09. The number of aryl methyl sites for hydroxylation is 1. The van der Waals surface area contributed by atoms with Gasteiger partial charge in [-0.3, -0.25) is 0 Å². The first-order valence-corrected chi connectivity index (χ1v) is 7.58. The summed E-state index contributed by atoms with van der Waals surface area (Å²) in [6, 6.07) is 4.09. The molecule has 4 heteroatoms. The molecule has 3 heterocycles. The summed E-state index contributed by atoms with van der Waals surface area (Å²) >= 11 is 1.78. The van der Waals surface area contributed by atoms with Gasteiger partial charge in [0.1, 0.15) is 0 Å². The van der Waals surface area contributed by atoms with E-state index in [1.54, 1.807) is 11.3 Å². The predicted octanol–water partition coefficient (Wildman–Crippen LogP) is 3.07. The zero-order valence-corrected chi connectivity index (χ0v) is 11.3. The molecular weight excluding hydrogens is 242 g/mol. The van der Waals surface area contributed by atoms with Crippen molar-refractivity contribution in [1.82, 2.24) is 15.3 Å². The molecule has 1 saturated heterocycles. The molecule has 2 aromatic heterocycles. The van der Waals surface area contributed by atoms with E-state index in [0.29, 0.717) is 0 Å². The topological polar surface area (TPSA) is 40.7 Å². The largest absolute Gasteiger partial charge is 0.360 e. The van der Waals surface area contributed by atoms with Crippen LogP contribution in [0.25, 0.3) is 11.4 Å². The molecule has 1 aliphatic rings. The van der Waals surface area contributed by atoms with E-state index in [1.807, 2.05) is 12.3 Å². The van der Waals surface area contributed by atoms with E-state index in [9.17, 15) is 0 Å². The standard InChI is InChI=1S/C14H19N3S/c1-3-11(9-15-7-1)5-6-14-17-13(10-18-14)12-4-2-8-16-12/h2,4,8,10-11,15-16H,1,3,5-7,9H2. The molecule has 1 fully saturated rings. The van der Waals surface area contributed by atoms with Crippen molar-refractivity contribution in [3.05, 3.63) is 28.7 Å². The van der Waals surface area contributed by atoms with Crippen LogP contribution in [0.5, 0.6) is 0 Å². The van der Waals surface area contributed by atoms with Gasteiger partial charge in [-0.2, -0.15) is 0 Å². The van der Waals surface area contributed by atoms with E-state index >= 15 is 0 Å². The Hall–Kier alpha value is -1.13. The number of thiazole rings is 1.